The van der Waals surface area contributed by atoms with Gasteiger partial charge in [0, 0.05) is 18.0 Å². The van der Waals surface area contributed by atoms with Gasteiger partial charge in [0.05, 0.1) is 18.7 Å². The summed E-state index contributed by atoms with van der Waals surface area (Å²) in [6.45, 7) is 10.8. The van der Waals surface area contributed by atoms with Crippen LogP contribution in [0, 0.1) is 0 Å². The predicted octanol–water partition coefficient (Wildman–Crippen LogP) is 4.20. The fraction of sp³-hybridized carbons (Fsp3) is 0.238. The Balaban J connectivity index is 2.24. The number of carbonyl (C=O) groups excluding carboxylic acids is 2. The molecule has 1 aromatic heterocycles. The third-order valence-electron chi connectivity index (χ3n) is 3.68. The Morgan fingerprint density at radius 2 is 1.85 bits per heavy atom. The van der Waals surface area contributed by atoms with Crippen LogP contribution in [0.15, 0.2) is 61.7 Å². The largest absolute Gasteiger partial charge is 0.462 e. The highest BCUT2D eigenvalue weighted by molar-refractivity contribution is 7.20. The molecule has 0 bridgehead atoms. The van der Waals surface area contributed by atoms with Gasteiger partial charge in [-0.2, -0.15) is 0 Å². The quantitative estimate of drug-likeness (QED) is 0.493. The van der Waals surface area contributed by atoms with Crippen LogP contribution in [0.2, 0.25) is 0 Å². The topological polar surface area (TPSA) is 58.6 Å². The summed E-state index contributed by atoms with van der Waals surface area (Å²) in [4.78, 5) is 27.6. The molecule has 0 atom stereocenters. The Morgan fingerprint density at radius 3 is 2.44 bits per heavy atom. The molecule has 0 aliphatic carbocycles. The van der Waals surface area contributed by atoms with Crippen LogP contribution in [0.3, 0.4) is 0 Å². The van der Waals surface area contributed by atoms with Gasteiger partial charge in [0.15, 0.2) is 0 Å². The molecular weight excluding hydrogens is 360 g/mol. The standard InChI is InChI=1S/C21H24N2O3S/c1-4-12-23(13-5-2)15-19(24)22-20-17(21(25)26-6-3)14-18(27-20)16-10-8-7-9-11-16/h4-5,7-11,14H,1-2,6,12-13,15H2,3H3,(H,22,24). The zero-order valence-electron chi connectivity index (χ0n) is 15.4. The smallest absolute Gasteiger partial charge is 0.341 e. The fourth-order valence-electron chi connectivity index (χ4n) is 2.53. The van der Waals surface area contributed by atoms with E-state index in [2.05, 4.69) is 18.5 Å². The summed E-state index contributed by atoms with van der Waals surface area (Å²) in [5.74, 6) is -0.647. The summed E-state index contributed by atoms with van der Waals surface area (Å²) in [5.41, 5.74) is 1.35. The predicted molar refractivity (Wildman–Crippen MR) is 111 cm³/mol. The van der Waals surface area contributed by atoms with Crippen LogP contribution in [-0.2, 0) is 9.53 Å². The van der Waals surface area contributed by atoms with Crippen LogP contribution in [0.4, 0.5) is 5.00 Å². The van der Waals surface area contributed by atoms with Gasteiger partial charge in [0.2, 0.25) is 5.91 Å². The molecule has 1 N–H and O–H groups in total. The fourth-order valence-corrected chi connectivity index (χ4v) is 3.59. The molecule has 0 unspecified atom stereocenters. The van der Waals surface area contributed by atoms with E-state index in [4.69, 9.17) is 4.74 Å². The summed E-state index contributed by atoms with van der Waals surface area (Å²) >= 11 is 1.36. The minimum Gasteiger partial charge on any atom is -0.462 e. The van der Waals surface area contributed by atoms with Crippen LogP contribution < -0.4 is 5.32 Å². The van der Waals surface area contributed by atoms with Crippen molar-refractivity contribution in [3.8, 4) is 10.4 Å². The molecule has 0 saturated heterocycles. The van der Waals surface area contributed by atoms with Crippen LogP contribution in [0.1, 0.15) is 17.3 Å². The molecule has 0 aliphatic heterocycles. The van der Waals surface area contributed by atoms with Gasteiger partial charge in [0.25, 0.3) is 0 Å². The number of carbonyl (C=O) groups is 2. The third-order valence-corrected chi connectivity index (χ3v) is 4.78. The Hall–Kier alpha value is -2.70. The average molecular weight is 385 g/mol. The molecule has 0 aliphatic rings. The highest BCUT2D eigenvalue weighted by atomic mass is 32.1. The summed E-state index contributed by atoms with van der Waals surface area (Å²) in [5, 5.41) is 3.35. The van der Waals surface area contributed by atoms with Crippen LogP contribution in [-0.4, -0.2) is 43.0 Å². The number of amides is 1. The maximum Gasteiger partial charge on any atom is 0.341 e. The van der Waals surface area contributed by atoms with Crippen molar-refractivity contribution >= 4 is 28.2 Å². The number of hydrogen-bond donors (Lipinski definition) is 1. The van der Waals surface area contributed by atoms with Gasteiger partial charge in [-0.15, -0.1) is 24.5 Å². The monoisotopic (exact) mass is 384 g/mol. The van der Waals surface area contributed by atoms with Crippen molar-refractivity contribution in [2.75, 3.05) is 31.6 Å². The van der Waals surface area contributed by atoms with E-state index < -0.39 is 5.97 Å². The zero-order chi connectivity index (χ0) is 19.6. The van der Waals surface area contributed by atoms with E-state index in [9.17, 15) is 9.59 Å². The second kappa shape index (κ2) is 10.4. The van der Waals surface area contributed by atoms with Crippen molar-refractivity contribution in [3.05, 3.63) is 67.3 Å². The normalized spacial score (nSPS) is 10.4. The number of rotatable bonds is 10. The maximum absolute atomic E-state index is 12.5. The van der Waals surface area contributed by atoms with Crippen LogP contribution >= 0.6 is 11.3 Å². The van der Waals surface area contributed by atoms with E-state index >= 15 is 0 Å². The molecule has 0 fully saturated rings. The summed E-state index contributed by atoms with van der Waals surface area (Å²) in [7, 11) is 0. The Kier molecular flexibility index (Phi) is 7.98. The zero-order valence-corrected chi connectivity index (χ0v) is 16.3. The molecular formula is C21H24N2O3S. The molecule has 1 heterocycles. The molecule has 1 amide bonds. The lowest BCUT2D eigenvalue weighted by atomic mass is 10.1. The van der Waals surface area contributed by atoms with Gasteiger partial charge in [-0.25, -0.2) is 4.79 Å². The first kappa shape index (κ1) is 20.6. The van der Waals surface area contributed by atoms with E-state index in [0.29, 0.717) is 23.7 Å². The molecule has 5 nitrogen and oxygen atoms in total. The number of hydrogen-bond acceptors (Lipinski definition) is 5. The van der Waals surface area contributed by atoms with Gasteiger partial charge in [0.1, 0.15) is 5.00 Å². The van der Waals surface area contributed by atoms with E-state index in [0.717, 1.165) is 10.4 Å². The Bertz CT molecular complexity index is 789. The van der Waals surface area contributed by atoms with E-state index in [1.54, 1.807) is 25.1 Å². The minimum absolute atomic E-state index is 0.179. The minimum atomic E-state index is -0.444. The second-order valence-corrected chi connectivity index (χ2v) is 6.81. The molecule has 2 rings (SSSR count). The molecule has 27 heavy (non-hydrogen) atoms. The van der Waals surface area contributed by atoms with Crippen molar-refractivity contribution in [1.82, 2.24) is 4.90 Å². The Morgan fingerprint density at radius 1 is 1.19 bits per heavy atom. The van der Waals surface area contributed by atoms with Crippen molar-refractivity contribution in [1.29, 1.82) is 0 Å². The van der Waals surface area contributed by atoms with Gasteiger partial charge < -0.3 is 10.1 Å². The average Bonchev–Trinajstić information content (AvgIpc) is 3.07. The first-order chi connectivity index (χ1) is 13.1. The molecule has 2 aromatic rings. The lowest BCUT2D eigenvalue weighted by Crippen LogP contribution is -2.33. The highest BCUT2D eigenvalue weighted by Crippen LogP contribution is 2.35. The molecule has 6 heteroatoms. The highest BCUT2D eigenvalue weighted by Gasteiger charge is 2.20. The number of nitrogens with zero attached hydrogens (tertiary/aromatic N) is 1. The van der Waals surface area contributed by atoms with Gasteiger partial charge in [-0.3, -0.25) is 9.69 Å². The third kappa shape index (κ3) is 5.91. The van der Waals surface area contributed by atoms with E-state index in [1.165, 1.54) is 11.3 Å². The molecule has 0 spiro atoms. The lowest BCUT2D eigenvalue weighted by molar-refractivity contribution is -0.117. The molecule has 1 aromatic carbocycles. The molecule has 142 valence electrons. The summed E-state index contributed by atoms with van der Waals surface area (Å²) in [6.07, 6.45) is 3.47. The number of esters is 1. The molecule has 0 radical (unpaired) electrons. The van der Waals surface area contributed by atoms with Gasteiger partial charge >= 0.3 is 5.97 Å². The summed E-state index contributed by atoms with van der Waals surface area (Å²) < 4.78 is 5.14. The lowest BCUT2D eigenvalue weighted by Gasteiger charge is -2.17. The molecule has 0 saturated carbocycles. The number of benzene rings is 1. The van der Waals surface area contributed by atoms with Gasteiger partial charge in [-0.05, 0) is 18.6 Å². The number of anilines is 1. The van der Waals surface area contributed by atoms with Crippen LogP contribution in [0.5, 0.6) is 0 Å². The maximum atomic E-state index is 12.5. The SMILES string of the molecule is C=CCN(CC=C)CC(=O)Nc1sc(-c2ccccc2)cc1C(=O)OCC. The number of thiophene rings is 1. The number of nitrogens with one attached hydrogen (secondary N) is 1. The van der Waals surface area contributed by atoms with Crippen molar-refractivity contribution < 1.29 is 14.3 Å². The van der Waals surface area contributed by atoms with Crippen molar-refractivity contribution in [3.63, 3.8) is 0 Å². The Labute approximate surface area is 164 Å². The van der Waals surface area contributed by atoms with E-state index in [1.807, 2.05) is 35.2 Å². The first-order valence-corrected chi connectivity index (χ1v) is 9.51. The first-order valence-electron chi connectivity index (χ1n) is 8.69. The number of ether oxygens (including phenoxy) is 1. The van der Waals surface area contributed by atoms with Crippen molar-refractivity contribution in [2.45, 2.75) is 6.92 Å². The van der Waals surface area contributed by atoms with Gasteiger partial charge in [-0.1, -0.05) is 42.5 Å². The van der Waals surface area contributed by atoms with Crippen LogP contribution in [0.25, 0.3) is 10.4 Å². The summed E-state index contributed by atoms with van der Waals surface area (Å²) in [6, 6.07) is 11.5. The van der Waals surface area contributed by atoms with Crippen molar-refractivity contribution in [2.24, 2.45) is 0 Å². The second-order valence-electron chi connectivity index (χ2n) is 5.76. The van der Waals surface area contributed by atoms with E-state index in [-0.39, 0.29) is 19.1 Å².